The molecule has 0 radical (unpaired) electrons. The van der Waals surface area contributed by atoms with Crippen molar-refractivity contribution in [1.29, 1.82) is 0 Å². The van der Waals surface area contributed by atoms with E-state index in [-0.39, 0.29) is 17.9 Å². The van der Waals surface area contributed by atoms with Gasteiger partial charge in [0.25, 0.3) is 0 Å². The predicted octanol–water partition coefficient (Wildman–Crippen LogP) is 3.90. The molecular formula is C29H34N4O4S. The first-order chi connectivity index (χ1) is 18.5. The van der Waals surface area contributed by atoms with Crippen LogP contribution in [0.15, 0.2) is 60.7 Å². The Labute approximate surface area is 226 Å². The summed E-state index contributed by atoms with van der Waals surface area (Å²) in [4.78, 5) is 40.0. The molecule has 0 unspecified atom stereocenters. The molecule has 5 rings (SSSR count). The van der Waals surface area contributed by atoms with Gasteiger partial charge in [0.05, 0.1) is 0 Å². The van der Waals surface area contributed by atoms with E-state index in [1.54, 1.807) is 0 Å². The molecule has 2 aliphatic rings. The van der Waals surface area contributed by atoms with E-state index >= 15 is 0 Å². The first kappa shape index (κ1) is 26.2. The van der Waals surface area contributed by atoms with Crippen LogP contribution in [0.1, 0.15) is 44.1 Å². The topological polar surface area (TPSA) is 109 Å². The number of fused-ring (bicyclic) bond motifs is 1. The van der Waals surface area contributed by atoms with Crippen molar-refractivity contribution in [3.05, 3.63) is 66.2 Å². The molecule has 1 aliphatic carbocycles. The zero-order valence-electron chi connectivity index (χ0n) is 21.3. The lowest BCUT2D eigenvalue weighted by atomic mass is 9.95. The molecule has 1 aliphatic heterocycles. The summed E-state index contributed by atoms with van der Waals surface area (Å²) in [5, 5.41) is 13.8. The number of thiophene rings is 1. The minimum Gasteiger partial charge on any atom is -0.399 e. The highest BCUT2D eigenvalue weighted by Gasteiger charge is 2.44. The van der Waals surface area contributed by atoms with Crippen LogP contribution in [0, 0.1) is 0 Å². The van der Waals surface area contributed by atoms with Crippen molar-refractivity contribution in [1.82, 2.24) is 21.3 Å². The zero-order valence-corrected chi connectivity index (χ0v) is 22.1. The summed E-state index contributed by atoms with van der Waals surface area (Å²) in [5.41, 5.74) is -0.159. The Morgan fingerprint density at radius 3 is 2.45 bits per heavy atom. The first-order valence-corrected chi connectivity index (χ1v) is 14.2. The van der Waals surface area contributed by atoms with Crippen molar-refractivity contribution >= 4 is 39.3 Å². The summed E-state index contributed by atoms with van der Waals surface area (Å²) >= 11 is 1.38. The van der Waals surface area contributed by atoms with Crippen molar-refractivity contribution in [3.8, 4) is 5.06 Å². The van der Waals surface area contributed by atoms with Gasteiger partial charge in [-0.25, -0.2) is 4.79 Å². The summed E-state index contributed by atoms with van der Waals surface area (Å²) < 4.78 is 6.61. The van der Waals surface area contributed by atoms with E-state index in [2.05, 4.69) is 21.3 Å². The Hall–Kier alpha value is -3.43. The van der Waals surface area contributed by atoms with Gasteiger partial charge in [0.1, 0.15) is 11.6 Å². The number of ether oxygens (including phenoxy) is 1. The number of benzene rings is 2. The smallest absolute Gasteiger partial charge is 0.399 e. The lowest BCUT2D eigenvalue weighted by Gasteiger charge is -2.31. The van der Waals surface area contributed by atoms with Gasteiger partial charge in [-0.2, -0.15) is 0 Å². The molecule has 1 aromatic heterocycles. The molecule has 2 fully saturated rings. The Bertz CT molecular complexity index is 1230. The number of amides is 3. The second-order valence-electron chi connectivity index (χ2n) is 10.2. The molecule has 2 aromatic carbocycles. The minimum atomic E-state index is -1.11. The van der Waals surface area contributed by atoms with Crippen molar-refractivity contribution in [3.63, 3.8) is 0 Å². The van der Waals surface area contributed by atoms with Crippen LogP contribution in [0.5, 0.6) is 5.06 Å². The maximum atomic E-state index is 13.7. The van der Waals surface area contributed by atoms with Crippen LogP contribution in [0.25, 0.3) is 10.1 Å². The summed E-state index contributed by atoms with van der Waals surface area (Å²) in [6, 6.07) is 18.6. The number of piperidine rings is 1. The molecule has 4 N–H and O–H groups in total. The average molecular weight is 535 g/mol. The molecule has 0 bridgehead atoms. The molecule has 38 heavy (non-hydrogen) atoms. The van der Waals surface area contributed by atoms with Crippen LogP contribution in [-0.4, -0.2) is 48.6 Å². The summed E-state index contributed by atoms with van der Waals surface area (Å²) in [7, 11) is 0. The standard InChI is InChI=1S/C29H34N4O4S/c34-26(31-22-12-16-30-17-13-22)23(18-20-8-2-1-3-9-20)32-27(35)29(14-6-7-15-29)33-28(36)37-25-19-21-10-4-5-11-24(21)38-25/h1-5,8-11,19,22-23,30H,6-7,12-18H2,(H,31,34)(H,32,35)(H,33,36)/t23-/m1/s1. The Morgan fingerprint density at radius 2 is 1.71 bits per heavy atom. The second kappa shape index (κ2) is 12.0. The molecule has 1 atom stereocenters. The molecule has 0 spiro atoms. The van der Waals surface area contributed by atoms with Crippen LogP contribution in [0.4, 0.5) is 4.79 Å². The number of hydrogen-bond acceptors (Lipinski definition) is 6. The van der Waals surface area contributed by atoms with Gasteiger partial charge in [-0.1, -0.05) is 72.7 Å². The molecular weight excluding hydrogens is 500 g/mol. The number of nitrogens with one attached hydrogen (secondary N) is 4. The number of rotatable bonds is 8. The van der Waals surface area contributed by atoms with Crippen molar-refractivity contribution in [2.45, 2.75) is 62.6 Å². The van der Waals surface area contributed by atoms with Crippen LogP contribution in [0.2, 0.25) is 0 Å². The fourth-order valence-corrected chi connectivity index (χ4v) is 6.24. The minimum absolute atomic E-state index is 0.0776. The van der Waals surface area contributed by atoms with E-state index in [1.165, 1.54) is 11.3 Å². The van der Waals surface area contributed by atoms with Crippen LogP contribution >= 0.6 is 11.3 Å². The van der Waals surface area contributed by atoms with Gasteiger partial charge >= 0.3 is 6.09 Å². The lowest BCUT2D eigenvalue weighted by molar-refractivity contribution is -0.132. The van der Waals surface area contributed by atoms with E-state index in [9.17, 15) is 14.4 Å². The third-order valence-electron chi connectivity index (χ3n) is 7.42. The van der Waals surface area contributed by atoms with Gasteiger partial charge in [0.2, 0.25) is 11.8 Å². The Kier molecular flexibility index (Phi) is 8.24. The fourth-order valence-electron chi connectivity index (χ4n) is 5.33. The Morgan fingerprint density at radius 1 is 1.00 bits per heavy atom. The summed E-state index contributed by atoms with van der Waals surface area (Å²) in [6.45, 7) is 1.71. The molecule has 200 valence electrons. The van der Waals surface area contributed by atoms with Crippen molar-refractivity contribution in [2.75, 3.05) is 13.1 Å². The quantitative estimate of drug-likeness (QED) is 0.351. The number of hydrogen-bond donors (Lipinski definition) is 4. The zero-order chi connectivity index (χ0) is 26.4. The highest BCUT2D eigenvalue weighted by Crippen LogP contribution is 2.33. The highest BCUT2D eigenvalue weighted by molar-refractivity contribution is 7.20. The van der Waals surface area contributed by atoms with Gasteiger partial charge < -0.3 is 26.0 Å². The van der Waals surface area contributed by atoms with E-state index in [4.69, 9.17) is 4.74 Å². The summed E-state index contributed by atoms with van der Waals surface area (Å²) in [6.07, 6.45) is 4.02. The molecule has 3 amide bonds. The van der Waals surface area contributed by atoms with Gasteiger partial charge in [0.15, 0.2) is 5.06 Å². The van der Waals surface area contributed by atoms with E-state index in [0.29, 0.717) is 24.3 Å². The second-order valence-corrected chi connectivity index (χ2v) is 11.2. The van der Waals surface area contributed by atoms with Gasteiger partial charge in [-0.15, -0.1) is 0 Å². The normalized spacial score (nSPS) is 18.0. The van der Waals surface area contributed by atoms with Crippen LogP contribution in [-0.2, 0) is 16.0 Å². The predicted molar refractivity (Wildman–Crippen MR) is 148 cm³/mol. The van der Waals surface area contributed by atoms with Crippen LogP contribution in [0.3, 0.4) is 0 Å². The van der Waals surface area contributed by atoms with E-state index in [1.807, 2.05) is 60.7 Å². The third-order valence-corrected chi connectivity index (χ3v) is 8.41. The third kappa shape index (κ3) is 6.34. The number of carbonyl (C=O) groups is 3. The molecule has 2 heterocycles. The van der Waals surface area contributed by atoms with Crippen LogP contribution < -0.4 is 26.0 Å². The maximum absolute atomic E-state index is 13.7. The summed E-state index contributed by atoms with van der Waals surface area (Å²) in [5.74, 6) is -0.542. The largest absolute Gasteiger partial charge is 0.414 e. The van der Waals surface area contributed by atoms with E-state index in [0.717, 1.165) is 54.4 Å². The monoisotopic (exact) mass is 534 g/mol. The van der Waals surface area contributed by atoms with Gasteiger partial charge in [-0.05, 0) is 55.8 Å². The molecule has 3 aromatic rings. The van der Waals surface area contributed by atoms with E-state index < -0.39 is 17.7 Å². The fraction of sp³-hybridized carbons (Fsp3) is 0.414. The molecule has 9 heteroatoms. The van der Waals surface area contributed by atoms with Crippen molar-refractivity contribution < 1.29 is 19.1 Å². The van der Waals surface area contributed by atoms with Crippen molar-refractivity contribution in [2.24, 2.45) is 0 Å². The Balaban J connectivity index is 1.28. The molecule has 1 saturated carbocycles. The van der Waals surface area contributed by atoms with Gasteiger partial charge in [0, 0.05) is 23.2 Å². The molecule has 8 nitrogen and oxygen atoms in total. The maximum Gasteiger partial charge on any atom is 0.414 e. The number of carbonyl (C=O) groups excluding carboxylic acids is 3. The lowest BCUT2D eigenvalue weighted by Crippen LogP contribution is -2.62. The molecule has 1 saturated heterocycles. The highest BCUT2D eigenvalue weighted by atomic mass is 32.1. The average Bonchev–Trinajstić information content (AvgIpc) is 3.56. The van der Waals surface area contributed by atoms with Gasteiger partial charge in [-0.3, -0.25) is 9.59 Å². The first-order valence-electron chi connectivity index (χ1n) is 13.4. The SMILES string of the molecule is O=C(NC1(C(=O)N[C@H](Cc2ccccc2)C(=O)NC2CCNCC2)CCCC1)Oc1cc2ccccc2s1.